The van der Waals surface area contributed by atoms with Gasteiger partial charge in [0.25, 0.3) is 0 Å². The van der Waals surface area contributed by atoms with Crippen LogP contribution in [0, 0.1) is 17.1 Å². The molecule has 1 amide bonds. The van der Waals surface area contributed by atoms with E-state index in [-0.39, 0.29) is 11.6 Å². The molecule has 4 nitrogen and oxygen atoms in total. The van der Waals surface area contributed by atoms with Gasteiger partial charge in [0.1, 0.15) is 5.82 Å². The van der Waals surface area contributed by atoms with Gasteiger partial charge in [0.2, 0.25) is 5.91 Å². The SMILES string of the molecule is CC(C(=O)Nc1cc(Cl)ccc1F)N(C)Cc1cccc(C#N)c1. The number of carbonyl (C=O) groups is 1. The van der Waals surface area contributed by atoms with Gasteiger partial charge in [-0.15, -0.1) is 0 Å². The maximum atomic E-state index is 13.7. The molecule has 24 heavy (non-hydrogen) atoms. The lowest BCUT2D eigenvalue weighted by Gasteiger charge is -2.24. The Morgan fingerprint density at radius 3 is 2.83 bits per heavy atom. The van der Waals surface area contributed by atoms with Gasteiger partial charge < -0.3 is 5.32 Å². The van der Waals surface area contributed by atoms with E-state index in [2.05, 4.69) is 11.4 Å². The molecule has 0 fully saturated rings. The second-order valence-electron chi connectivity index (χ2n) is 5.52. The van der Waals surface area contributed by atoms with Crippen molar-refractivity contribution in [1.82, 2.24) is 4.90 Å². The van der Waals surface area contributed by atoms with Gasteiger partial charge in [-0.3, -0.25) is 9.69 Å². The van der Waals surface area contributed by atoms with E-state index in [4.69, 9.17) is 16.9 Å². The lowest BCUT2D eigenvalue weighted by atomic mass is 10.1. The van der Waals surface area contributed by atoms with Gasteiger partial charge in [-0.25, -0.2) is 4.39 Å². The van der Waals surface area contributed by atoms with Crippen molar-refractivity contribution in [3.8, 4) is 6.07 Å². The van der Waals surface area contributed by atoms with Gasteiger partial charge >= 0.3 is 0 Å². The summed E-state index contributed by atoms with van der Waals surface area (Å²) in [6.07, 6.45) is 0. The van der Waals surface area contributed by atoms with Crippen LogP contribution in [-0.4, -0.2) is 23.9 Å². The molecule has 0 aliphatic heterocycles. The number of rotatable bonds is 5. The van der Waals surface area contributed by atoms with Crippen LogP contribution >= 0.6 is 11.6 Å². The minimum atomic E-state index is -0.538. The number of hydrogen-bond acceptors (Lipinski definition) is 3. The molecule has 0 bridgehead atoms. The number of likely N-dealkylation sites (N-methyl/N-ethyl adjacent to an activating group) is 1. The van der Waals surface area contributed by atoms with Crippen molar-refractivity contribution >= 4 is 23.2 Å². The van der Waals surface area contributed by atoms with Gasteiger partial charge in [0, 0.05) is 11.6 Å². The Hall–Kier alpha value is -2.42. The number of anilines is 1. The Bertz CT molecular complexity index is 788. The molecule has 0 aliphatic carbocycles. The number of nitriles is 1. The molecular weight excluding hydrogens is 329 g/mol. The molecule has 0 saturated heterocycles. The Kier molecular flexibility index (Phi) is 5.91. The van der Waals surface area contributed by atoms with E-state index < -0.39 is 11.9 Å². The van der Waals surface area contributed by atoms with Crippen molar-refractivity contribution in [3.05, 3.63) is 64.4 Å². The zero-order valence-corrected chi connectivity index (χ0v) is 14.1. The van der Waals surface area contributed by atoms with E-state index in [1.807, 2.05) is 11.0 Å². The molecule has 2 aromatic rings. The standard InChI is InChI=1S/C18H17ClFN3O/c1-12(18(24)22-17-9-15(19)6-7-16(17)20)23(2)11-14-5-3-4-13(8-14)10-21/h3-9,12H,11H2,1-2H3,(H,22,24). The quantitative estimate of drug-likeness (QED) is 0.896. The number of carbonyl (C=O) groups excluding carboxylic acids is 1. The summed E-state index contributed by atoms with van der Waals surface area (Å²) in [4.78, 5) is 14.1. The van der Waals surface area contributed by atoms with Crippen LogP contribution in [0.1, 0.15) is 18.1 Å². The molecule has 1 N–H and O–H groups in total. The van der Waals surface area contributed by atoms with E-state index >= 15 is 0 Å². The first-order chi connectivity index (χ1) is 11.4. The fourth-order valence-corrected chi connectivity index (χ4v) is 2.37. The first kappa shape index (κ1) is 17.9. The average Bonchev–Trinajstić information content (AvgIpc) is 2.57. The van der Waals surface area contributed by atoms with Crippen LogP contribution < -0.4 is 5.32 Å². The zero-order chi connectivity index (χ0) is 17.7. The molecule has 0 aliphatic rings. The zero-order valence-electron chi connectivity index (χ0n) is 13.4. The molecule has 0 radical (unpaired) electrons. The molecule has 1 atom stereocenters. The first-order valence-electron chi connectivity index (χ1n) is 7.36. The summed E-state index contributed by atoms with van der Waals surface area (Å²) in [5.41, 5.74) is 1.54. The van der Waals surface area contributed by atoms with Crippen LogP contribution in [0.5, 0.6) is 0 Å². The molecule has 0 aromatic heterocycles. The maximum Gasteiger partial charge on any atom is 0.241 e. The number of nitrogens with zero attached hydrogens (tertiary/aromatic N) is 2. The minimum Gasteiger partial charge on any atom is -0.322 e. The number of benzene rings is 2. The number of amides is 1. The summed E-state index contributed by atoms with van der Waals surface area (Å²) in [5.74, 6) is -0.876. The van der Waals surface area contributed by atoms with Gasteiger partial charge in [0.15, 0.2) is 0 Å². The minimum absolute atomic E-state index is 0.0548. The highest BCUT2D eigenvalue weighted by Crippen LogP contribution is 2.20. The second-order valence-corrected chi connectivity index (χ2v) is 5.95. The summed E-state index contributed by atoms with van der Waals surface area (Å²) in [6.45, 7) is 2.22. The maximum absolute atomic E-state index is 13.7. The van der Waals surface area contributed by atoms with Crippen LogP contribution in [0.25, 0.3) is 0 Å². The summed E-state index contributed by atoms with van der Waals surface area (Å²) in [7, 11) is 1.79. The molecule has 0 heterocycles. The largest absolute Gasteiger partial charge is 0.322 e. The molecule has 0 saturated carbocycles. The predicted molar refractivity (Wildman–Crippen MR) is 92.1 cm³/mol. The third kappa shape index (κ3) is 4.54. The lowest BCUT2D eigenvalue weighted by molar-refractivity contribution is -0.120. The van der Waals surface area contributed by atoms with E-state index in [9.17, 15) is 9.18 Å². The van der Waals surface area contributed by atoms with Crippen LogP contribution in [0.4, 0.5) is 10.1 Å². The van der Waals surface area contributed by atoms with Crippen LogP contribution in [-0.2, 0) is 11.3 Å². The van der Waals surface area contributed by atoms with E-state index in [0.29, 0.717) is 17.1 Å². The molecule has 2 aromatic carbocycles. The Labute approximate surface area is 145 Å². The highest BCUT2D eigenvalue weighted by molar-refractivity contribution is 6.30. The van der Waals surface area contributed by atoms with Gasteiger partial charge in [-0.2, -0.15) is 5.26 Å². The number of halogens is 2. The number of nitrogens with one attached hydrogen (secondary N) is 1. The van der Waals surface area contributed by atoms with Crippen molar-refractivity contribution in [1.29, 1.82) is 5.26 Å². The normalized spacial score (nSPS) is 11.8. The highest BCUT2D eigenvalue weighted by Gasteiger charge is 2.19. The Balaban J connectivity index is 2.04. The molecule has 6 heteroatoms. The van der Waals surface area contributed by atoms with Crippen LogP contribution in [0.2, 0.25) is 5.02 Å². The smallest absolute Gasteiger partial charge is 0.241 e. The highest BCUT2D eigenvalue weighted by atomic mass is 35.5. The summed E-state index contributed by atoms with van der Waals surface area (Å²) < 4.78 is 13.7. The monoisotopic (exact) mass is 345 g/mol. The predicted octanol–water partition coefficient (Wildman–Crippen LogP) is 3.81. The fourth-order valence-electron chi connectivity index (χ4n) is 2.19. The first-order valence-corrected chi connectivity index (χ1v) is 7.73. The van der Waals surface area contributed by atoms with Crippen LogP contribution in [0.15, 0.2) is 42.5 Å². The van der Waals surface area contributed by atoms with Gasteiger partial charge in [-0.05, 0) is 49.9 Å². The van der Waals surface area contributed by atoms with Gasteiger partial charge in [0.05, 0.1) is 23.4 Å². The Morgan fingerprint density at radius 1 is 1.38 bits per heavy atom. The molecule has 124 valence electrons. The molecular formula is C18H17ClFN3O. The van der Waals surface area contributed by atoms with Crippen molar-refractivity contribution in [2.24, 2.45) is 0 Å². The van der Waals surface area contributed by atoms with E-state index in [1.165, 1.54) is 18.2 Å². The molecule has 0 spiro atoms. The van der Waals surface area contributed by atoms with E-state index in [0.717, 1.165) is 5.56 Å². The average molecular weight is 346 g/mol. The van der Waals surface area contributed by atoms with Crippen LogP contribution in [0.3, 0.4) is 0 Å². The summed E-state index contributed by atoms with van der Waals surface area (Å²) >= 11 is 5.82. The topological polar surface area (TPSA) is 56.1 Å². The molecule has 2 rings (SSSR count). The number of hydrogen-bond donors (Lipinski definition) is 1. The summed E-state index contributed by atoms with van der Waals surface area (Å²) in [6, 6.07) is 12.8. The summed E-state index contributed by atoms with van der Waals surface area (Å²) in [5, 5.41) is 11.8. The second kappa shape index (κ2) is 7.91. The Morgan fingerprint density at radius 2 is 2.12 bits per heavy atom. The van der Waals surface area contributed by atoms with Crippen molar-refractivity contribution in [2.45, 2.75) is 19.5 Å². The fraction of sp³-hybridized carbons (Fsp3) is 0.222. The van der Waals surface area contributed by atoms with Crippen molar-refractivity contribution < 1.29 is 9.18 Å². The van der Waals surface area contributed by atoms with Gasteiger partial charge in [-0.1, -0.05) is 23.7 Å². The third-order valence-electron chi connectivity index (χ3n) is 3.71. The van der Waals surface area contributed by atoms with Crippen molar-refractivity contribution in [2.75, 3.05) is 12.4 Å². The van der Waals surface area contributed by atoms with E-state index in [1.54, 1.807) is 32.2 Å². The lowest BCUT2D eigenvalue weighted by Crippen LogP contribution is -2.39. The van der Waals surface area contributed by atoms with Crippen molar-refractivity contribution in [3.63, 3.8) is 0 Å². The third-order valence-corrected chi connectivity index (χ3v) is 3.95. The molecule has 1 unspecified atom stereocenters.